The summed E-state index contributed by atoms with van der Waals surface area (Å²) in [6.45, 7) is 9.95. The van der Waals surface area contributed by atoms with E-state index in [4.69, 9.17) is 0 Å². The smallest absolute Gasteiger partial charge is 0.239 e. The summed E-state index contributed by atoms with van der Waals surface area (Å²) < 4.78 is 22.6. The first-order valence-electron chi connectivity index (χ1n) is 9.55. The lowest BCUT2D eigenvalue weighted by atomic mass is 10.2. The molecule has 27 heavy (non-hydrogen) atoms. The van der Waals surface area contributed by atoms with E-state index in [-0.39, 0.29) is 48.2 Å². The molecular formula is C17H34IN5O3S. The number of rotatable bonds is 6. The number of nitrogens with one attached hydrogen (secondary N) is 1. The quantitative estimate of drug-likeness (QED) is 0.310. The van der Waals surface area contributed by atoms with Crippen molar-refractivity contribution in [3.63, 3.8) is 0 Å². The summed E-state index contributed by atoms with van der Waals surface area (Å²) >= 11 is 0. The second-order valence-electron chi connectivity index (χ2n) is 7.10. The van der Waals surface area contributed by atoms with Gasteiger partial charge in [-0.25, -0.2) is 8.42 Å². The van der Waals surface area contributed by atoms with Gasteiger partial charge in [-0.3, -0.25) is 14.7 Å². The highest BCUT2D eigenvalue weighted by atomic mass is 127. The topological polar surface area (TPSA) is 85.3 Å². The molecule has 1 N–H and O–H groups in total. The van der Waals surface area contributed by atoms with Crippen molar-refractivity contribution in [1.82, 2.24) is 20.0 Å². The van der Waals surface area contributed by atoms with Crippen molar-refractivity contribution < 1.29 is 13.2 Å². The Morgan fingerprint density at radius 3 is 2.19 bits per heavy atom. The average Bonchev–Trinajstić information content (AvgIpc) is 3.13. The van der Waals surface area contributed by atoms with Gasteiger partial charge in [0, 0.05) is 52.1 Å². The SMILES string of the molecule is CCNC(=NCCS(C)(=O)=O)N1CCN(C(C)C(=O)N2CCCC2)CC1.I. The molecule has 2 fully saturated rings. The molecule has 158 valence electrons. The zero-order valence-electron chi connectivity index (χ0n) is 16.7. The van der Waals surface area contributed by atoms with E-state index >= 15 is 0 Å². The van der Waals surface area contributed by atoms with E-state index in [0.29, 0.717) is 0 Å². The van der Waals surface area contributed by atoms with Crippen LogP contribution in [0.25, 0.3) is 0 Å². The number of carbonyl (C=O) groups is 1. The van der Waals surface area contributed by atoms with E-state index in [2.05, 4.69) is 20.1 Å². The monoisotopic (exact) mass is 515 g/mol. The van der Waals surface area contributed by atoms with Crippen LogP contribution in [0.2, 0.25) is 0 Å². The molecule has 2 heterocycles. The van der Waals surface area contributed by atoms with E-state index in [9.17, 15) is 13.2 Å². The lowest BCUT2D eigenvalue weighted by Crippen LogP contribution is -2.57. The number of halogens is 1. The number of piperazine rings is 1. The minimum atomic E-state index is -3.01. The first-order valence-corrected chi connectivity index (χ1v) is 11.6. The van der Waals surface area contributed by atoms with Gasteiger partial charge in [0.05, 0.1) is 18.3 Å². The van der Waals surface area contributed by atoms with Gasteiger partial charge in [0.25, 0.3) is 0 Å². The molecule has 2 saturated heterocycles. The van der Waals surface area contributed by atoms with Gasteiger partial charge in [-0.15, -0.1) is 24.0 Å². The summed E-state index contributed by atoms with van der Waals surface area (Å²) in [5, 5.41) is 3.24. The molecule has 10 heteroatoms. The van der Waals surface area contributed by atoms with Crippen LogP contribution in [0, 0.1) is 0 Å². The lowest BCUT2D eigenvalue weighted by molar-refractivity contribution is -0.135. The van der Waals surface area contributed by atoms with Crippen LogP contribution in [0.3, 0.4) is 0 Å². The number of nitrogens with zero attached hydrogens (tertiary/aromatic N) is 4. The molecular weight excluding hydrogens is 481 g/mol. The highest BCUT2D eigenvalue weighted by Gasteiger charge is 2.30. The maximum absolute atomic E-state index is 12.6. The van der Waals surface area contributed by atoms with Gasteiger partial charge in [0.15, 0.2) is 5.96 Å². The second-order valence-corrected chi connectivity index (χ2v) is 9.36. The van der Waals surface area contributed by atoms with Crippen LogP contribution < -0.4 is 5.32 Å². The Kier molecular flexibility index (Phi) is 10.3. The molecule has 2 aliphatic rings. The summed E-state index contributed by atoms with van der Waals surface area (Å²) in [6, 6.07) is -0.0833. The van der Waals surface area contributed by atoms with Crippen molar-refractivity contribution in [3.8, 4) is 0 Å². The highest BCUT2D eigenvalue weighted by Crippen LogP contribution is 2.14. The van der Waals surface area contributed by atoms with E-state index in [1.54, 1.807) is 0 Å². The fourth-order valence-corrected chi connectivity index (χ4v) is 3.85. The number of carbonyl (C=O) groups excluding carboxylic acids is 1. The van der Waals surface area contributed by atoms with E-state index in [1.807, 2.05) is 18.7 Å². The molecule has 0 bridgehead atoms. The van der Waals surface area contributed by atoms with Gasteiger partial charge in [0.2, 0.25) is 5.91 Å². The Hall–Kier alpha value is -0.620. The van der Waals surface area contributed by atoms with Crippen LogP contribution in [-0.4, -0.2) is 105 Å². The molecule has 0 aromatic rings. The van der Waals surface area contributed by atoms with Crippen molar-refractivity contribution >= 4 is 45.7 Å². The number of guanidine groups is 1. The summed E-state index contributed by atoms with van der Waals surface area (Å²) in [4.78, 5) is 23.4. The fraction of sp³-hybridized carbons (Fsp3) is 0.882. The molecule has 8 nitrogen and oxygen atoms in total. The van der Waals surface area contributed by atoms with Gasteiger partial charge in [-0.05, 0) is 26.7 Å². The largest absolute Gasteiger partial charge is 0.357 e. The van der Waals surface area contributed by atoms with Crippen LogP contribution in [-0.2, 0) is 14.6 Å². The standard InChI is InChI=1S/C17H33N5O3S.HI/c1-4-18-17(19-7-14-26(3,24)25)22-12-10-20(11-13-22)15(2)16(23)21-8-5-6-9-21;/h15H,4-14H2,1-3H3,(H,18,19);1H. The van der Waals surface area contributed by atoms with Crippen LogP contribution in [0.5, 0.6) is 0 Å². The Labute approximate surface area is 180 Å². The Balaban J connectivity index is 0.00000364. The molecule has 1 unspecified atom stereocenters. The third-order valence-corrected chi connectivity index (χ3v) is 5.92. The molecule has 2 aliphatic heterocycles. The minimum Gasteiger partial charge on any atom is -0.357 e. The normalized spacial score (nSPS) is 20.3. The molecule has 0 radical (unpaired) electrons. The first-order chi connectivity index (χ1) is 12.3. The number of amides is 1. The number of hydrogen-bond donors (Lipinski definition) is 1. The van der Waals surface area contributed by atoms with Crippen molar-refractivity contribution in [2.75, 3.05) is 64.4 Å². The summed E-state index contributed by atoms with van der Waals surface area (Å²) in [7, 11) is -3.01. The molecule has 0 aliphatic carbocycles. The van der Waals surface area contributed by atoms with E-state index in [1.165, 1.54) is 6.26 Å². The maximum atomic E-state index is 12.6. The van der Waals surface area contributed by atoms with Crippen LogP contribution >= 0.6 is 24.0 Å². The zero-order valence-corrected chi connectivity index (χ0v) is 19.8. The van der Waals surface area contributed by atoms with Crippen molar-refractivity contribution in [1.29, 1.82) is 0 Å². The zero-order chi connectivity index (χ0) is 19.2. The van der Waals surface area contributed by atoms with Crippen molar-refractivity contribution in [2.45, 2.75) is 32.7 Å². The fourth-order valence-electron chi connectivity index (χ4n) is 3.42. The Morgan fingerprint density at radius 2 is 1.67 bits per heavy atom. The Morgan fingerprint density at radius 1 is 1.07 bits per heavy atom. The summed E-state index contributed by atoms with van der Waals surface area (Å²) in [6.07, 6.45) is 3.46. The lowest BCUT2D eigenvalue weighted by Gasteiger charge is -2.39. The van der Waals surface area contributed by atoms with Crippen molar-refractivity contribution in [2.24, 2.45) is 4.99 Å². The summed E-state index contributed by atoms with van der Waals surface area (Å²) in [5.41, 5.74) is 0. The van der Waals surface area contributed by atoms with E-state index < -0.39 is 9.84 Å². The molecule has 0 saturated carbocycles. The third-order valence-electron chi connectivity index (χ3n) is 5.00. The molecule has 1 amide bonds. The number of hydrogen-bond acceptors (Lipinski definition) is 5. The molecule has 0 spiro atoms. The van der Waals surface area contributed by atoms with Gasteiger partial charge in [0.1, 0.15) is 9.84 Å². The van der Waals surface area contributed by atoms with Crippen LogP contribution in [0.4, 0.5) is 0 Å². The summed E-state index contributed by atoms with van der Waals surface area (Å²) in [5.74, 6) is 1.06. The first kappa shape index (κ1) is 24.4. The predicted octanol–water partition coefficient (Wildman–Crippen LogP) is 0.243. The average molecular weight is 515 g/mol. The van der Waals surface area contributed by atoms with Gasteiger partial charge < -0.3 is 15.1 Å². The van der Waals surface area contributed by atoms with Gasteiger partial charge in [-0.2, -0.15) is 0 Å². The number of likely N-dealkylation sites (tertiary alicyclic amines) is 1. The molecule has 0 aromatic carbocycles. The third kappa shape index (κ3) is 7.72. The molecule has 1 atom stereocenters. The predicted molar refractivity (Wildman–Crippen MR) is 120 cm³/mol. The van der Waals surface area contributed by atoms with E-state index in [0.717, 1.165) is 64.6 Å². The van der Waals surface area contributed by atoms with Gasteiger partial charge in [-0.1, -0.05) is 0 Å². The minimum absolute atomic E-state index is 0. The highest BCUT2D eigenvalue weighted by molar-refractivity contribution is 14.0. The van der Waals surface area contributed by atoms with Gasteiger partial charge >= 0.3 is 0 Å². The molecule has 2 rings (SSSR count). The Bertz CT molecular complexity index is 600. The maximum Gasteiger partial charge on any atom is 0.239 e. The molecule has 0 aromatic heterocycles. The van der Waals surface area contributed by atoms with Crippen molar-refractivity contribution in [3.05, 3.63) is 0 Å². The van der Waals surface area contributed by atoms with Crippen LogP contribution in [0.1, 0.15) is 26.7 Å². The second kappa shape index (κ2) is 11.4. The van der Waals surface area contributed by atoms with Crippen LogP contribution in [0.15, 0.2) is 4.99 Å². The number of sulfone groups is 1. The number of aliphatic imine (C=N–C) groups is 1.